The Balaban J connectivity index is 1.11. The average Bonchev–Trinajstić information content (AvgIpc) is 3.67. The molecule has 5 aromatic rings. The molecule has 1 fully saturated rings. The van der Waals surface area contributed by atoms with Crippen LogP contribution >= 0.6 is 0 Å². The lowest BCUT2D eigenvalue weighted by atomic mass is 10.1. The zero-order valence-corrected chi connectivity index (χ0v) is 22.7. The van der Waals surface area contributed by atoms with E-state index in [2.05, 4.69) is 58.0 Å². The number of nitrogens with one attached hydrogen (secondary N) is 2. The Kier molecular flexibility index (Phi) is 7.77. The number of hydrogen-bond donors (Lipinski definition) is 2. The molecule has 8 heteroatoms. The van der Waals surface area contributed by atoms with Crippen LogP contribution in [-0.2, 0) is 6.54 Å². The fourth-order valence-electron chi connectivity index (χ4n) is 4.98. The summed E-state index contributed by atoms with van der Waals surface area (Å²) >= 11 is 0. The third-order valence-corrected chi connectivity index (χ3v) is 7.16. The minimum atomic E-state index is 0.545. The molecular weight excluding hydrogens is 500 g/mol. The first-order valence-electron chi connectivity index (χ1n) is 13.8. The lowest BCUT2D eigenvalue weighted by Gasteiger charge is -2.15. The van der Waals surface area contributed by atoms with Crippen molar-refractivity contribution in [3.05, 3.63) is 96.6 Å². The van der Waals surface area contributed by atoms with Crippen LogP contribution in [-0.4, -0.2) is 52.8 Å². The maximum absolute atomic E-state index is 5.93. The number of anilines is 3. The van der Waals surface area contributed by atoms with Gasteiger partial charge in [-0.3, -0.25) is 4.90 Å². The van der Waals surface area contributed by atoms with E-state index in [1.807, 2.05) is 53.0 Å². The fraction of sp³-hybridized carbons (Fsp3) is 0.250. The number of aromatic nitrogens is 3. The fourth-order valence-corrected chi connectivity index (χ4v) is 4.98. The van der Waals surface area contributed by atoms with Gasteiger partial charge in [0.15, 0.2) is 5.65 Å². The zero-order chi connectivity index (χ0) is 27.1. The maximum Gasteiger partial charge on any atom is 0.247 e. The maximum atomic E-state index is 5.93. The molecule has 40 heavy (non-hydrogen) atoms. The highest BCUT2D eigenvalue weighted by Gasteiger charge is 2.12. The molecule has 0 aliphatic carbocycles. The highest BCUT2D eigenvalue weighted by atomic mass is 16.5. The molecule has 3 heterocycles. The second kappa shape index (κ2) is 12.1. The summed E-state index contributed by atoms with van der Waals surface area (Å²) in [4.78, 5) is 7.15. The van der Waals surface area contributed by atoms with Crippen molar-refractivity contribution in [2.45, 2.75) is 19.4 Å². The lowest BCUT2D eigenvalue weighted by molar-refractivity contribution is 0.238. The quantitative estimate of drug-likeness (QED) is 0.208. The van der Waals surface area contributed by atoms with Crippen LogP contribution in [0.15, 0.2) is 91.0 Å². The van der Waals surface area contributed by atoms with E-state index in [4.69, 9.17) is 19.6 Å². The van der Waals surface area contributed by atoms with Crippen molar-refractivity contribution in [3.63, 3.8) is 0 Å². The molecule has 6 rings (SSSR count). The van der Waals surface area contributed by atoms with E-state index in [9.17, 15) is 0 Å². The number of fused-ring (bicyclic) bond motifs is 1. The first-order chi connectivity index (χ1) is 19.7. The van der Waals surface area contributed by atoms with Crippen LogP contribution in [0.3, 0.4) is 0 Å². The highest BCUT2D eigenvalue weighted by Crippen LogP contribution is 2.25. The van der Waals surface area contributed by atoms with Gasteiger partial charge in [-0.25, -0.2) is 4.52 Å². The summed E-state index contributed by atoms with van der Waals surface area (Å²) in [5, 5.41) is 11.6. The first kappa shape index (κ1) is 25.7. The van der Waals surface area contributed by atoms with Crippen molar-refractivity contribution in [1.29, 1.82) is 0 Å². The van der Waals surface area contributed by atoms with Crippen LogP contribution in [0.2, 0.25) is 0 Å². The summed E-state index contributed by atoms with van der Waals surface area (Å²) in [5.41, 5.74) is 5.92. The summed E-state index contributed by atoms with van der Waals surface area (Å²) in [6, 6.07) is 30.4. The third-order valence-electron chi connectivity index (χ3n) is 7.16. The van der Waals surface area contributed by atoms with E-state index in [1.165, 1.54) is 31.5 Å². The second-order valence-corrected chi connectivity index (χ2v) is 9.95. The van der Waals surface area contributed by atoms with Crippen LogP contribution < -0.4 is 20.1 Å². The summed E-state index contributed by atoms with van der Waals surface area (Å²) in [7, 11) is 1.68. The Morgan fingerprint density at radius 3 is 2.40 bits per heavy atom. The Bertz CT molecular complexity index is 1540. The molecule has 3 aromatic carbocycles. The zero-order valence-electron chi connectivity index (χ0n) is 22.7. The van der Waals surface area contributed by atoms with Crippen molar-refractivity contribution in [1.82, 2.24) is 19.5 Å². The number of nitrogens with zero attached hydrogens (tertiary/aromatic N) is 4. The van der Waals surface area contributed by atoms with Crippen molar-refractivity contribution in [2.75, 3.05) is 44.0 Å². The molecule has 1 saturated heterocycles. The Morgan fingerprint density at radius 2 is 1.60 bits per heavy atom. The molecule has 0 saturated carbocycles. The predicted molar refractivity (Wildman–Crippen MR) is 160 cm³/mol. The van der Waals surface area contributed by atoms with E-state index >= 15 is 0 Å². The number of methoxy groups -OCH3 is 1. The first-order valence-corrected chi connectivity index (χ1v) is 13.8. The summed E-state index contributed by atoms with van der Waals surface area (Å²) in [6.45, 7) is 4.79. The number of ether oxygens (including phenoxy) is 2. The van der Waals surface area contributed by atoms with Gasteiger partial charge in [-0.1, -0.05) is 30.3 Å². The normalized spacial score (nSPS) is 13.4. The minimum Gasteiger partial charge on any atom is -0.497 e. The molecule has 8 nitrogen and oxygen atoms in total. The Labute approximate surface area is 234 Å². The molecule has 0 spiro atoms. The van der Waals surface area contributed by atoms with Crippen molar-refractivity contribution in [3.8, 4) is 22.8 Å². The predicted octanol–water partition coefficient (Wildman–Crippen LogP) is 6.24. The SMILES string of the molecule is COc1ccc(CNc2cccc(-c3cccc4nc(Nc5ccc(OCCN6CCCC6)cc5)nn34)c2)cc1. The highest BCUT2D eigenvalue weighted by molar-refractivity contribution is 5.68. The third kappa shape index (κ3) is 6.18. The van der Waals surface area contributed by atoms with E-state index < -0.39 is 0 Å². The van der Waals surface area contributed by atoms with Gasteiger partial charge in [0.05, 0.1) is 12.8 Å². The molecule has 0 amide bonds. The van der Waals surface area contributed by atoms with Crippen molar-refractivity contribution >= 4 is 23.0 Å². The Morgan fingerprint density at radius 1 is 0.825 bits per heavy atom. The number of benzene rings is 3. The van der Waals surface area contributed by atoms with Crippen molar-refractivity contribution < 1.29 is 9.47 Å². The minimum absolute atomic E-state index is 0.545. The summed E-state index contributed by atoms with van der Waals surface area (Å²) in [6.07, 6.45) is 2.60. The molecule has 2 N–H and O–H groups in total. The van der Waals surface area contributed by atoms with Crippen LogP contribution in [0.25, 0.3) is 16.9 Å². The summed E-state index contributed by atoms with van der Waals surface area (Å²) in [5.74, 6) is 2.27. The van der Waals surface area contributed by atoms with Gasteiger partial charge in [0.2, 0.25) is 5.95 Å². The van der Waals surface area contributed by atoms with E-state index in [1.54, 1.807) is 7.11 Å². The lowest BCUT2D eigenvalue weighted by Crippen LogP contribution is -2.25. The molecule has 0 bridgehead atoms. The van der Waals surface area contributed by atoms with Gasteiger partial charge in [0, 0.05) is 30.0 Å². The van der Waals surface area contributed by atoms with Crippen LogP contribution in [0.1, 0.15) is 18.4 Å². The topological polar surface area (TPSA) is 75.9 Å². The number of rotatable bonds is 11. The van der Waals surface area contributed by atoms with Crippen molar-refractivity contribution in [2.24, 2.45) is 0 Å². The molecular formula is C32H34N6O2. The molecule has 2 aromatic heterocycles. The van der Waals surface area contributed by atoms with E-state index in [-0.39, 0.29) is 0 Å². The largest absolute Gasteiger partial charge is 0.497 e. The molecule has 0 radical (unpaired) electrons. The number of likely N-dealkylation sites (tertiary alicyclic amines) is 1. The van der Waals surface area contributed by atoms with Gasteiger partial charge in [0.25, 0.3) is 0 Å². The van der Waals surface area contributed by atoms with Gasteiger partial charge in [-0.2, -0.15) is 4.98 Å². The average molecular weight is 535 g/mol. The molecule has 1 aliphatic rings. The van der Waals surface area contributed by atoms with E-state index in [0.717, 1.165) is 52.9 Å². The molecule has 0 unspecified atom stereocenters. The van der Waals surface area contributed by atoms with Crippen LogP contribution in [0, 0.1) is 0 Å². The standard InChI is InChI=1S/C32H34N6O2/c1-39-28-14-10-24(11-15-28)23-33-27-7-4-6-25(22-27)30-8-5-9-31-35-32(36-38(30)31)34-26-12-16-29(17-13-26)40-21-20-37-18-2-3-19-37/h4-17,22,33H,2-3,18-21,23H2,1H3,(H,34,36). The molecule has 1 aliphatic heterocycles. The summed E-state index contributed by atoms with van der Waals surface area (Å²) < 4.78 is 13.1. The van der Waals surface area contributed by atoms with Gasteiger partial charge in [-0.15, -0.1) is 5.10 Å². The Hall–Kier alpha value is -4.56. The molecule has 204 valence electrons. The van der Waals surface area contributed by atoms with Crippen LogP contribution in [0.5, 0.6) is 11.5 Å². The number of hydrogen-bond acceptors (Lipinski definition) is 7. The monoisotopic (exact) mass is 534 g/mol. The van der Waals surface area contributed by atoms with Gasteiger partial charge in [-0.05, 0) is 92.2 Å². The van der Waals surface area contributed by atoms with Crippen LogP contribution in [0.4, 0.5) is 17.3 Å². The van der Waals surface area contributed by atoms with Gasteiger partial charge < -0.3 is 20.1 Å². The molecule has 0 atom stereocenters. The smallest absolute Gasteiger partial charge is 0.247 e. The van der Waals surface area contributed by atoms with Gasteiger partial charge in [0.1, 0.15) is 18.1 Å². The van der Waals surface area contributed by atoms with Gasteiger partial charge >= 0.3 is 0 Å². The van der Waals surface area contributed by atoms with E-state index in [0.29, 0.717) is 12.6 Å². The number of pyridine rings is 1. The second-order valence-electron chi connectivity index (χ2n) is 9.95.